The van der Waals surface area contributed by atoms with Crippen molar-refractivity contribution in [1.82, 2.24) is 9.78 Å². The third-order valence-electron chi connectivity index (χ3n) is 2.28. The highest BCUT2D eigenvalue weighted by Gasteiger charge is 2.02. The molecule has 0 fully saturated rings. The summed E-state index contributed by atoms with van der Waals surface area (Å²) in [6, 6.07) is 8.27. The Labute approximate surface area is 98.2 Å². The number of non-ortho nitro benzene ring substituents is 1. The first-order valence-corrected chi connectivity index (χ1v) is 5.07. The van der Waals surface area contributed by atoms with E-state index in [1.54, 1.807) is 16.8 Å². The zero-order valence-electron chi connectivity index (χ0n) is 9.28. The monoisotopic (exact) mass is 229 g/mol. The van der Waals surface area contributed by atoms with Crippen LogP contribution < -0.4 is 0 Å². The molecule has 0 spiro atoms. The smallest absolute Gasteiger partial charge is 0.269 e. The molecule has 0 unspecified atom stereocenters. The van der Waals surface area contributed by atoms with Gasteiger partial charge in [-0.25, -0.2) is 0 Å². The van der Waals surface area contributed by atoms with E-state index >= 15 is 0 Å². The summed E-state index contributed by atoms with van der Waals surface area (Å²) in [6.07, 6.45) is 5.59. The third-order valence-corrected chi connectivity index (χ3v) is 2.28. The molecule has 0 aliphatic heterocycles. The van der Waals surface area contributed by atoms with Crippen molar-refractivity contribution in [3.63, 3.8) is 0 Å². The summed E-state index contributed by atoms with van der Waals surface area (Å²) in [5.74, 6) is 0. The van der Waals surface area contributed by atoms with E-state index < -0.39 is 4.92 Å². The highest BCUT2D eigenvalue weighted by atomic mass is 16.6. The molecule has 0 amide bonds. The first-order chi connectivity index (χ1) is 8.15. The van der Waals surface area contributed by atoms with Crippen molar-refractivity contribution in [2.24, 2.45) is 7.05 Å². The molecule has 0 aliphatic carbocycles. The van der Waals surface area contributed by atoms with E-state index in [0.29, 0.717) is 0 Å². The molecular weight excluding hydrogens is 218 g/mol. The number of nitro benzene ring substituents is 1. The quantitative estimate of drug-likeness (QED) is 0.600. The largest absolute Gasteiger partial charge is 0.275 e. The van der Waals surface area contributed by atoms with Crippen molar-refractivity contribution in [3.05, 3.63) is 57.9 Å². The van der Waals surface area contributed by atoms with Crippen LogP contribution in [0, 0.1) is 10.1 Å². The van der Waals surface area contributed by atoms with Crippen LogP contribution in [0.4, 0.5) is 5.69 Å². The second-order valence-electron chi connectivity index (χ2n) is 3.60. The Kier molecular flexibility index (Phi) is 3.00. The molecule has 1 heterocycles. The number of nitro groups is 1. The summed E-state index contributed by atoms with van der Waals surface area (Å²) < 4.78 is 1.72. The number of aromatic nitrogens is 2. The molecule has 0 aliphatic rings. The van der Waals surface area contributed by atoms with Crippen LogP contribution in [-0.2, 0) is 7.05 Å². The number of rotatable bonds is 3. The molecule has 5 heteroatoms. The molecule has 5 nitrogen and oxygen atoms in total. The zero-order valence-corrected chi connectivity index (χ0v) is 9.28. The van der Waals surface area contributed by atoms with Gasteiger partial charge in [-0.05, 0) is 29.8 Å². The molecule has 1 aromatic carbocycles. The molecule has 17 heavy (non-hydrogen) atoms. The lowest BCUT2D eigenvalue weighted by Crippen LogP contribution is -1.87. The normalized spacial score (nSPS) is 10.9. The van der Waals surface area contributed by atoms with Gasteiger partial charge in [-0.3, -0.25) is 14.8 Å². The van der Waals surface area contributed by atoms with Gasteiger partial charge in [0.2, 0.25) is 0 Å². The van der Waals surface area contributed by atoms with Gasteiger partial charge in [-0.2, -0.15) is 5.10 Å². The first-order valence-electron chi connectivity index (χ1n) is 5.07. The van der Waals surface area contributed by atoms with Gasteiger partial charge in [0.1, 0.15) is 0 Å². The summed E-state index contributed by atoms with van der Waals surface area (Å²) in [5.41, 5.74) is 1.85. The van der Waals surface area contributed by atoms with Gasteiger partial charge in [0, 0.05) is 25.4 Å². The maximum atomic E-state index is 10.5. The van der Waals surface area contributed by atoms with Crippen LogP contribution in [0.2, 0.25) is 0 Å². The number of hydrogen-bond acceptors (Lipinski definition) is 3. The fourth-order valence-electron chi connectivity index (χ4n) is 1.41. The SMILES string of the molecule is Cn1ccc(C=Cc2ccc([N+](=O)[O-])cc2)n1. The third kappa shape index (κ3) is 2.78. The summed E-state index contributed by atoms with van der Waals surface area (Å²) >= 11 is 0. The topological polar surface area (TPSA) is 61.0 Å². The molecule has 0 bridgehead atoms. The number of benzene rings is 1. The van der Waals surface area contributed by atoms with E-state index in [9.17, 15) is 10.1 Å². The lowest BCUT2D eigenvalue weighted by Gasteiger charge is -1.93. The molecular formula is C12H11N3O2. The molecule has 0 saturated heterocycles. The second-order valence-corrected chi connectivity index (χ2v) is 3.60. The molecule has 86 valence electrons. The van der Waals surface area contributed by atoms with Gasteiger partial charge in [-0.1, -0.05) is 6.08 Å². The Morgan fingerprint density at radius 1 is 1.24 bits per heavy atom. The van der Waals surface area contributed by atoms with Gasteiger partial charge in [-0.15, -0.1) is 0 Å². The minimum absolute atomic E-state index is 0.0972. The Morgan fingerprint density at radius 3 is 2.47 bits per heavy atom. The molecule has 0 radical (unpaired) electrons. The van der Waals surface area contributed by atoms with Crippen molar-refractivity contribution in [1.29, 1.82) is 0 Å². The van der Waals surface area contributed by atoms with Crippen molar-refractivity contribution in [2.75, 3.05) is 0 Å². The molecule has 0 N–H and O–H groups in total. The Balaban J connectivity index is 2.13. The fourth-order valence-corrected chi connectivity index (χ4v) is 1.41. The minimum atomic E-state index is -0.410. The Hall–Kier alpha value is -2.43. The summed E-state index contributed by atoms with van der Waals surface area (Å²) in [4.78, 5) is 10.1. The van der Waals surface area contributed by atoms with E-state index in [2.05, 4.69) is 5.10 Å². The van der Waals surface area contributed by atoms with Gasteiger partial charge in [0.15, 0.2) is 0 Å². The van der Waals surface area contributed by atoms with Crippen LogP contribution in [0.25, 0.3) is 12.2 Å². The van der Waals surface area contributed by atoms with Crippen molar-refractivity contribution in [2.45, 2.75) is 0 Å². The van der Waals surface area contributed by atoms with E-state index in [1.165, 1.54) is 12.1 Å². The van der Waals surface area contributed by atoms with Crippen LogP contribution in [0.5, 0.6) is 0 Å². The lowest BCUT2D eigenvalue weighted by molar-refractivity contribution is -0.384. The number of hydrogen-bond donors (Lipinski definition) is 0. The van der Waals surface area contributed by atoms with Crippen molar-refractivity contribution < 1.29 is 4.92 Å². The predicted octanol–water partition coefficient (Wildman–Crippen LogP) is 2.50. The summed E-state index contributed by atoms with van der Waals surface area (Å²) in [7, 11) is 1.85. The predicted molar refractivity (Wildman–Crippen MR) is 65.2 cm³/mol. The maximum absolute atomic E-state index is 10.5. The average molecular weight is 229 g/mol. The highest BCUT2D eigenvalue weighted by Crippen LogP contribution is 2.13. The van der Waals surface area contributed by atoms with E-state index in [-0.39, 0.29) is 5.69 Å². The highest BCUT2D eigenvalue weighted by molar-refractivity contribution is 5.68. The van der Waals surface area contributed by atoms with E-state index in [4.69, 9.17) is 0 Å². The molecule has 1 aromatic heterocycles. The van der Waals surface area contributed by atoms with E-state index in [1.807, 2.05) is 31.5 Å². The van der Waals surface area contributed by atoms with Crippen LogP contribution in [-0.4, -0.2) is 14.7 Å². The van der Waals surface area contributed by atoms with Crippen LogP contribution in [0.1, 0.15) is 11.3 Å². The molecule has 2 aromatic rings. The lowest BCUT2D eigenvalue weighted by atomic mass is 10.2. The van der Waals surface area contributed by atoms with E-state index in [0.717, 1.165) is 11.3 Å². The Bertz CT molecular complexity index is 555. The van der Waals surface area contributed by atoms with Crippen LogP contribution in [0.15, 0.2) is 36.5 Å². The van der Waals surface area contributed by atoms with Gasteiger partial charge in [0.05, 0.1) is 10.6 Å². The van der Waals surface area contributed by atoms with Gasteiger partial charge in [0.25, 0.3) is 5.69 Å². The molecule has 0 saturated carbocycles. The van der Waals surface area contributed by atoms with Crippen molar-refractivity contribution in [3.8, 4) is 0 Å². The number of aryl methyl sites for hydroxylation is 1. The van der Waals surface area contributed by atoms with Crippen molar-refractivity contribution >= 4 is 17.8 Å². The van der Waals surface area contributed by atoms with Gasteiger partial charge >= 0.3 is 0 Å². The summed E-state index contributed by atoms with van der Waals surface area (Å²) in [5, 5.41) is 14.7. The molecule has 2 rings (SSSR count). The standard InChI is InChI=1S/C12H11N3O2/c1-14-9-8-11(13-14)5-2-10-3-6-12(7-4-10)15(16)17/h2-9H,1H3. The minimum Gasteiger partial charge on any atom is -0.275 e. The average Bonchev–Trinajstić information content (AvgIpc) is 2.73. The van der Waals surface area contributed by atoms with Gasteiger partial charge < -0.3 is 0 Å². The number of nitrogens with zero attached hydrogens (tertiary/aromatic N) is 3. The Morgan fingerprint density at radius 2 is 1.94 bits per heavy atom. The maximum Gasteiger partial charge on any atom is 0.269 e. The second kappa shape index (κ2) is 4.61. The van der Waals surface area contributed by atoms with Crippen LogP contribution >= 0.6 is 0 Å². The first kappa shape index (κ1) is 11.1. The van der Waals surface area contributed by atoms with Crippen LogP contribution in [0.3, 0.4) is 0 Å². The fraction of sp³-hybridized carbons (Fsp3) is 0.0833. The summed E-state index contributed by atoms with van der Waals surface area (Å²) in [6.45, 7) is 0. The molecule has 0 atom stereocenters. The zero-order chi connectivity index (χ0) is 12.3.